The van der Waals surface area contributed by atoms with Crippen LogP contribution in [-0.4, -0.2) is 28.2 Å². The van der Waals surface area contributed by atoms with Crippen molar-refractivity contribution in [3.63, 3.8) is 0 Å². The van der Waals surface area contributed by atoms with Crippen molar-refractivity contribution in [3.8, 4) is 11.3 Å². The quantitative estimate of drug-likeness (QED) is 0.855. The number of hydrogen-bond donors (Lipinski definition) is 2. The Kier molecular flexibility index (Phi) is 4.93. The minimum absolute atomic E-state index is 0.0638. The lowest BCUT2D eigenvalue weighted by molar-refractivity contribution is -0.139. The second kappa shape index (κ2) is 6.89. The van der Waals surface area contributed by atoms with Crippen LogP contribution in [0.15, 0.2) is 40.9 Å². The summed E-state index contributed by atoms with van der Waals surface area (Å²) in [7, 11) is 0. The van der Waals surface area contributed by atoms with Gasteiger partial charge in [-0.2, -0.15) is 0 Å². The van der Waals surface area contributed by atoms with Gasteiger partial charge in [-0.25, -0.2) is 4.79 Å². The molecule has 116 valence electrons. The number of aliphatic carboxylic acids is 1. The highest BCUT2D eigenvalue weighted by Gasteiger charge is 2.23. The lowest BCUT2D eigenvalue weighted by Gasteiger charge is -2.15. The van der Waals surface area contributed by atoms with E-state index in [0.29, 0.717) is 12.2 Å². The Morgan fingerprint density at radius 1 is 1.27 bits per heavy atom. The SMILES string of the molecule is CC(C)CC(NC(=O)c1cc(-c2ccccc2)on1)C(=O)O. The van der Waals surface area contributed by atoms with Crippen LogP contribution in [0.25, 0.3) is 11.3 Å². The molecule has 0 saturated heterocycles. The van der Waals surface area contributed by atoms with Gasteiger partial charge in [0.25, 0.3) is 5.91 Å². The molecule has 1 atom stereocenters. The van der Waals surface area contributed by atoms with Gasteiger partial charge in [0.1, 0.15) is 6.04 Å². The summed E-state index contributed by atoms with van der Waals surface area (Å²) in [5.41, 5.74) is 0.861. The Balaban J connectivity index is 2.10. The molecule has 0 aliphatic heterocycles. The van der Waals surface area contributed by atoms with Gasteiger partial charge in [0, 0.05) is 11.6 Å². The van der Waals surface area contributed by atoms with Crippen LogP contribution in [0.3, 0.4) is 0 Å². The summed E-state index contributed by atoms with van der Waals surface area (Å²) in [4.78, 5) is 23.3. The Morgan fingerprint density at radius 2 is 1.95 bits per heavy atom. The maximum absolute atomic E-state index is 12.1. The van der Waals surface area contributed by atoms with Crippen LogP contribution < -0.4 is 5.32 Å². The van der Waals surface area contributed by atoms with Gasteiger partial charge in [0.2, 0.25) is 0 Å². The minimum Gasteiger partial charge on any atom is -0.480 e. The first-order valence-corrected chi connectivity index (χ1v) is 7.03. The molecule has 1 heterocycles. The number of carboxylic acids is 1. The molecule has 1 aromatic carbocycles. The molecule has 0 aliphatic rings. The van der Waals surface area contributed by atoms with Crippen molar-refractivity contribution in [2.45, 2.75) is 26.3 Å². The normalized spacial score (nSPS) is 12.1. The zero-order chi connectivity index (χ0) is 16.1. The molecule has 0 fully saturated rings. The van der Waals surface area contributed by atoms with E-state index in [9.17, 15) is 9.59 Å². The molecule has 2 N–H and O–H groups in total. The Morgan fingerprint density at radius 3 is 2.55 bits per heavy atom. The lowest BCUT2D eigenvalue weighted by atomic mass is 10.0. The summed E-state index contributed by atoms with van der Waals surface area (Å²) in [5.74, 6) is -1.01. The van der Waals surface area contributed by atoms with E-state index in [1.54, 1.807) is 0 Å². The molecule has 6 nitrogen and oxygen atoms in total. The van der Waals surface area contributed by atoms with Crippen molar-refractivity contribution >= 4 is 11.9 Å². The average Bonchev–Trinajstić information content (AvgIpc) is 2.96. The summed E-state index contributed by atoms with van der Waals surface area (Å²) in [5, 5.41) is 15.3. The molecule has 1 amide bonds. The van der Waals surface area contributed by atoms with E-state index < -0.39 is 17.9 Å². The van der Waals surface area contributed by atoms with Gasteiger partial charge in [-0.05, 0) is 12.3 Å². The van der Waals surface area contributed by atoms with Crippen LogP contribution >= 0.6 is 0 Å². The number of benzene rings is 1. The van der Waals surface area contributed by atoms with Crippen LogP contribution in [-0.2, 0) is 4.79 Å². The highest BCUT2D eigenvalue weighted by molar-refractivity contribution is 5.95. The molecule has 2 rings (SSSR count). The molecule has 0 spiro atoms. The van der Waals surface area contributed by atoms with Gasteiger partial charge in [0.05, 0.1) is 0 Å². The summed E-state index contributed by atoms with van der Waals surface area (Å²) < 4.78 is 5.14. The second-order valence-electron chi connectivity index (χ2n) is 5.44. The first-order valence-electron chi connectivity index (χ1n) is 7.03. The second-order valence-corrected chi connectivity index (χ2v) is 5.44. The van der Waals surface area contributed by atoms with Crippen molar-refractivity contribution in [3.05, 3.63) is 42.1 Å². The molecule has 1 unspecified atom stereocenters. The topological polar surface area (TPSA) is 92.4 Å². The fraction of sp³-hybridized carbons (Fsp3) is 0.312. The Hall–Kier alpha value is -2.63. The number of carbonyl (C=O) groups is 2. The predicted octanol–water partition coefficient (Wildman–Crippen LogP) is 2.57. The lowest BCUT2D eigenvalue weighted by Crippen LogP contribution is -2.41. The van der Waals surface area contributed by atoms with Crippen molar-refractivity contribution in [1.29, 1.82) is 0 Å². The van der Waals surface area contributed by atoms with E-state index >= 15 is 0 Å². The smallest absolute Gasteiger partial charge is 0.326 e. The maximum atomic E-state index is 12.1. The van der Waals surface area contributed by atoms with Crippen molar-refractivity contribution in [1.82, 2.24) is 10.5 Å². The van der Waals surface area contributed by atoms with Gasteiger partial charge in [0.15, 0.2) is 11.5 Å². The highest BCUT2D eigenvalue weighted by Crippen LogP contribution is 2.19. The van der Waals surface area contributed by atoms with Crippen molar-refractivity contribution in [2.75, 3.05) is 0 Å². The fourth-order valence-electron chi connectivity index (χ4n) is 2.05. The summed E-state index contributed by atoms with van der Waals surface area (Å²) in [6.45, 7) is 3.79. The Labute approximate surface area is 128 Å². The van der Waals surface area contributed by atoms with E-state index in [1.165, 1.54) is 6.07 Å². The summed E-state index contributed by atoms with van der Waals surface area (Å²) >= 11 is 0. The van der Waals surface area contributed by atoms with Crippen LogP contribution in [0.4, 0.5) is 0 Å². The third-order valence-corrected chi connectivity index (χ3v) is 3.11. The summed E-state index contributed by atoms with van der Waals surface area (Å²) in [6, 6.07) is 9.79. The first kappa shape index (κ1) is 15.8. The van der Waals surface area contributed by atoms with Gasteiger partial charge in [-0.1, -0.05) is 49.3 Å². The molecule has 2 aromatic rings. The van der Waals surface area contributed by atoms with E-state index in [-0.39, 0.29) is 11.6 Å². The fourth-order valence-corrected chi connectivity index (χ4v) is 2.05. The van der Waals surface area contributed by atoms with Gasteiger partial charge in [-0.15, -0.1) is 0 Å². The van der Waals surface area contributed by atoms with Crippen LogP contribution in [0.5, 0.6) is 0 Å². The number of hydrogen-bond acceptors (Lipinski definition) is 4. The van der Waals surface area contributed by atoms with E-state index in [4.69, 9.17) is 9.63 Å². The first-order chi connectivity index (χ1) is 10.5. The van der Waals surface area contributed by atoms with E-state index in [0.717, 1.165) is 5.56 Å². The zero-order valence-corrected chi connectivity index (χ0v) is 12.4. The minimum atomic E-state index is -1.06. The molecule has 22 heavy (non-hydrogen) atoms. The third-order valence-electron chi connectivity index (χ3n) is 3.11. The van der Waals surface area contributed by atoms with Gasteiger partial charge < -0.3 is 14.9 Å². The van der Waals surface area contributed by atoms with Gasteiger partial charge >= 0.3 is 5.97 Å². The molecular weight excluding hydrogens is 284 g/mol. The van der Waals surface area contributed by atoms with Crippen LogP contribution in [0, 0.1) is 5.92 Å². The standard InChI is InChI=1S/C16H18N2O4/c1-10(2)8-13(16(20)21)17-15(19)12-9-14(22-18-12)11-6-4-3-5-7-11/h3-7,9-10,13H,8H2,1-2H3,(H,17,19)(H,20,21). The summed E-state index contributed by atoms with van der Waals surface area (Å²) in [6.07, 6.45) is 0.352. The Bertz CT molecular complexity index is 649. The molecule has 6 heteroatoms. The number of nitrogens with zero attached hydrogens (tertiary/aromatic N) is 1. The van der Waals surface area contributed by atoms with Gasteiger partial charge in [-0.3, -0.25) is 4.79 Å². The number of carboxylic acid groups (broad SMARTS) is 1. The van der Waals surface area contributed by atoms with E-state index in [1.807, 2.05) is 44.2 Å². The number of rotatable bonds is 6. The molecule has 0 radical (unpaired) electrons. The number of carbonyl (C=O) groups excluding carboxylic acids is 1. The van der Waals surface area contributed by atoms with Crippen LogP contribution in [0.1, 0.15) is 30.8 Å². The van der Waals surface area contributed by atoms with Crippen molar-refractivity contribution < 1.29 is 19.2 Å². The predicted molar refractivity (Wildman–Crippen MR) is 80.3 cm³/mol. The monoisotopic (exact) mass is 302 g/mol. The number of aromatic nitrogens is 1. The zero-order valence-electron chi connectivity index (χ0n) is 12.4. The molecule has 0 aliphatic carbocycles. The third kappa shape index (κ3) is 3.94. The maximum Gasteiger partial charge on any atom is 0.326 e. The molecular formula is C16H18N2O4. The molecule has 0 bridgehead atoms. The average molecular weight is 302 g/mol. The molecule has 1 aromatic heterocycles. The van der Waals surface area contributed by atoms with Crippen LogP contribution in [0.2, 0.25) is 0 Å². The highest BCUT2D eigenvalue weighted by atomic mass is 16.5. The van der Waals surface area contributed by atoms with Crippen molar-refractivity contribution in [2.24, 2.45) is 5.92 Å². The van der Waals surface area contributed by atoms with E-state index in [2.05, 4.69) is 10.5 Å². The number of amides is 1. The molecule has 0 saturated carbocycles. The largest absolute Gasteiger partial charge is 0.480 e. The number of nitrogens with one attached hydrogen (secondary N) is 1.